The molecule has 1 fully saturated rings. The van der Waals surface area contributed by atoms with Gasteiger partial charge in [-0.1, -0.05) is 11.6 Å². The Morgan fingerprint density at radius 2 is 1.92 bits per heavy atom. The van der Waals surface area contributed by atoms with Crippen LogP contribution in [0, 0.1) is 0 Å². The third-order valence-corrected chi connectivity index (χ3v) is 6.64. The summed E-state index contributed by atoms with van der Waals surface area (Å²) >= 11 is 6.14. The molecule has 0 unspecified atom stereocenters. The maximum atomic E-state index is 13.4. The van der Waals surface area contributed by atoms with Gasteiger partial charge in [0.15, 0.2) is 5.75 Å². The summed E-state index contributed by atoms with van der Waals surface area (Å²) in [5.74, 6) is 1.39. The van der Waals surface area contributed by atoms with Crippen molar-refractivity contribution in [1.82, 2.24) is 14.8 Å². The highest BCUT2D eigenvalue weighted by molar-refractivity contribution is 6.32. The Morgan fingerprint density at radius 1 is 1.14 bits per heavy atom. The number of hydrogen-bond acceptors (Lipinski definition) is 6. The molecule has 0 spiro atoms. The number of rotatable bonds is 2. The lowest BCUT2D eigenvalue weighted by Gasteiger charge is -2.41. The molecule has 1 amide bonds. The molecule has 5 rings (SSSR count). The molecule has 0 bridgehead atoms. The zero-order chi connectivity index (χ0) is 26.3. The van der Waals surface area contributed by atoms with Crippen LogP contribution in [0.3, 0.4) is 0 Å². The number of amidine groups is 1. The van der Waals surface area contributed by atoms with E-state index in [0.717, 1.165) is 12.1 Å². The molecule has 1 saturated heterocycles. The van der Waals surface area contributed by atoms with Crippen LogP contribution in [0.1, 0.15) is 28.4 Å². The normalized spacial score (nSPS) is 17.2. The van der Waals surface area contributed by atoms with Crippen molar-refractivity contribution in [2.75, 3.05) is 26.7 Å². The van der Waals surface area contributed by atoms with Crippen molar-refractivity contribution in [1.29, 1.82) is 0 Å². The number of aliphatic imine (C=N–C) groups is 1. The summed E-state index contributed by atoms with van der Waals surface area (Å²) in [6.07, 6.45) is -3.01. The predicted octanol–water partition coefficient (Wildman–Crippen LogP) is 5.79. The lowest BCUT2D eigenvalue weighted by atomic mass is 10.1. The van der Waals surface area contributed by atoms with E-state index in [-0.39, 0.29) is 28.5 Å². The topological polar surface area (TPSA) is 67.3 Å². The van der Waals surface area contributed by atoms with Crippen molar-refractivity contribution < 1.29 is 27.4 Å². The van der Waals surface area contributed by atoms with E-state index in [4.69, 9.17) is 21.1 Å². The summed E-state index contributed by atoms with van der Waals surface area (Å²) in [5, 5.41) is 0.130. The molecule has 192 valence electrons. The lowest BCUT2D eigenvalue weighted by Crippen LogP contribution is -2.55. The molecule has 0 saturated carbocycles. The fourth-order valence-corrected chi connectivity index (χ4v) is 4.65. The predicted molar refractivity (Wildman–Crippen MR) is 132 cm³/mol. The molecule has 2 aliphatic heterocycles. The maximum absolute atomic E-state index is 13.4. The fraction of sp³-hybridized carbons (Fsp3) is 0.269. The zero-order valence-electron chi connectivity index (χ0n) is 19.9. The highest BCUT2D eigenvalue weighted by atomic mass is 35.5. The Balaban J connectivity index is 1.52. The van der Waals surface area contributed by atoms with E-state index in [1.807, 2.05) is 11.8 Å². The molecule has 7 nitrogen and oxygen atoms in total. The van der Waals surface area contributed by atoms with Gasteiger partial charge in [-0.25, -0.2) is 9.98 Å². The number of pyridine rings is 1. The van der Waals surface area contributed by atoms with Gasteiger partial charge < -0.3 is 19.3 Å². The van der Waals surface area contributed by atoms with Gasteiger partial charge in [-0.2, -0.15) is 13.2 Å². The summed E-state index contributed by atoms with van der Waals surface area (Å²) in [5.41, 5.74) is 0.131. The zero-order valence-corrected chi connectivity index (χ0v) is 20.7. The minimum atomic E-state index is -4.53. The third kappa shape index (κ3) is 4.81. The summed E-state index contributed by atoms with van der Waals surface area (Å²) in [7, 11) is 1.52. The van der Waals surface area contributed by atoms with E-state index in [2.05, 4.69) is 9.98 Å². The van der Waals surface area contributed by atoms with E-state index in [1.165, 1.54) is 19.4 Å². The van der Waals surface area contributed by atoms with Gasteiger partial charge in [0.05, 0.1) is 23.8 Å². The number of amides is 1. The SMILES string of the molecule is COc1ccc2c(c1)C(N1CCN(C(=O)c3cccnc3Cl)[C@@H](C)C1)=Nc1cc(C(F)(F)F)ccc1O2. The molecule has 2 aliphatic rings. The number of alkyl halides is 3. The number of halogens is 4. The molecular weight excluding hydrogens is 509 g/mol. The molecule has 2 aromatic carbocycles. The lowest BCUT2D eigenvalue weighted by molar-refractivity contribution is -0.137. The average molecular weight is 531 g/mol. The van der Waals surface area contributed by atoms with Gasteiger partial charge in [-0.3, -0.25) is 4.79 Å². The van der Waals surface area contributed by atoms with E-state index in [0.29, 0.717) is 48.1 Å². The minimum Gasteiger partial charge on any atom is -0.497 e. The van der Waals surface area contributed by atoms with Crippen LogP contribution in [0.4, 0.5) is 18.9 Å². The Kier molecular flexibility index (Phi) is 6.45. The Hall–Kier alpha value is -3.79. The van der Waals surface area contributed by atoms with Crippen LogP contribution in [0.15, 0.2) is 59.7 Å². The molecule has 1 atom stereocenters. The number of carbonyl (C=O) groups excluding carboxylic acids is 1. The second-order valence-electron chi connectivity index (χ2n) is 8.72. The molecule has 0 aliphatic carbocycles. The number of methoxy groups -OCH3 is 1. The molecule has 3 heterocycles. The maximum Gasteiger partial charge on any atom is 0.416 e. The Labute approximate surface area is 216 Å². The van der Waals surface area contributed by atoms with E-state index >= 15 is 0 Å². The first-order valence-corrected chi connectivity index (χ1v) is 11.9. The van der Waals surface area contributed by atoms with Gasteiger partial charge in [0.2, 0.25) is 0 Å². The van der Waals surface area contributed by atoms with Gasteiger partial charge in [0, 0.05) is 31.9 Å². The summed E-state index contributed by atoms with van der Waals surface area (Å²) in [6.45, 7) is 3.01. The first kappa shape index (κ1) is 24.9. The van der Waals surface area contributed by atoms with Crippen molar-refractivity contribution in [2.45, 2.75) is 19.1 Å². The number of piperazine rings is 1. The number of aromatic nitrogens is 1. The van der Waals surface area contributed by atoms with Gasteiger partial charge >= 0.3 is 6.18 Å². The summed E-state index contributed by atoms with van der Waals surface area (Å²) in [4.78, 5) is 25.4. The van der Waals surface area contributed by atoms with Crippen LogP contribution >= 0.6 is 11.6 Å². The highest BCUT2D eigenvalue weighted by Gasteiger charge is 2.35. The van der Waals surface area contributed by atoms with E-state index in [9.17, 15) is 18.0 Å². The summed E-state index contributed by atoms with van der Waals surface area (Å²) in [6, 6.07) is 11.4. The number of fused-ring (bicyclic) bond motifs is 2. The van der Waals surface area contributed by atoms with Crippen molar-refractivity contribution >= 4 is 29.0 Å². The van der Waals surface area contributed by atoms with Gasteiger partial charge in [-0.05, 0) is 55.5 Å². The molecule has 0 radical (unpaired) electrons. The smallest absolute Gasteiger partial charge is 0.416 e. The first-order valence-electron chi connectivity index (χ1n) is 11.5. The quantitative estimate of drug-likeness (QED) is 0.392. The fourth-order valence-electron chi connectivity index (χ4n) is 4.45. The van der Waals surface area contributed by atoms with Crippen LogP contribution < -0.4 is 9.47 Å². The molecule has 0 N–H and O–H groups in total. The Morgan fingerprint density at radius 3 is 2.62 bits per heavy atom. The number of benzene rings is 2. The van der Waals surface area contributed by atoms with Crippen LogP contribution in [-0.4, -0.2) is 59.3 Å². The number of ether oxygens (including phenoxy) is 2. The number of nitrogens with zero attached hydrogens (tertiary/aromatic N) is 4. The monoisotopic (exact) mass is 530 g/mol. The number of carbonyl (C=O) groups is 1. The second kappa shape index (κ2) is 9.59. The molecule has 11 heteroatoms. The first-order chi connectivity index (χ1) is 17.7. The van der Waals surface area contributed by atoms with Gasteiger partial charge in [0.25, 0.3) is 5.91 Å². The van der Waals surface area contributed by atoms with Crippen LogP contribution in [0.2, 0.25) is 5.15 Å². The standard InChI is InChI=1S/C26H22ClF3N4O3/c1-15-14-33(10-11-34(15)25(35)18-4-3-9-31-23(18)27)24-19-13-17(36-2)6-8-21(19)37-22-7-5-16(26(28,29)30)12-20(22)32-24/h3-9,12-13,15H,10-11,14H2,1-2H3/t15-/m0/s1. The number of hydrogen-bond donors (Lipinski definition) is 0. The molecule has 37 heavy (non-hydrogen) atoms. The average Bonchev–Trinajstić information content (AvgIpc) is 3.03. The summed E-state index contributed by atoms with van der Waals surface area (Å²) < 4.78 is 51.7. The highest BCUT2D eigenvalue weighted by Crippen LogP contribution is 2.42. The van der Waals surface area contributed by atoms with Crippen LogP contribution in [-0.2, 0) is 6.18 Å². The largest absolute Gasteiger partial charge is 0.497 e. The van der Waals surface area contributed by atoms with Crippen molar-refractivity contribution in [3.05, 3.63) is 76.6 Å². The third-order valence-electron chi connectivity index (χ3n) is 6.34. The van der Waals surface area contributed by atoms with Gasteiger partial charge in [0.1, 0.15) is 28.2 Å². The van der Waals surface area contributed by atoms with Crippen LogP contribution in [0.5, 0.6) is 17.2 Å². The van der Waals surface area contributed by atoms with Crippen molar-refractivity contribution in [3.63, 3.8) is 0 Å². The Bertz CT molecular complexity index is 1400. The van der Waals surface area contributed by atoms with E-state index in [1.54, 1.807) is 35.2 Å². The van der Waals surface area contributed by atoms with Crippen molar-refractivity contribution in [3.8, 4) is 17.2 Å². The second-order valence-corrected chi connectivity index (χ2v) is 9.07. The van der Waals surface area contributed by atoms with Crippen molar-refractivity contribution in [2.24, 2.45) is 4.99 Å². The van der Waals surface area contributed by atoms with Crippen LogP contribution in [0.25, 0.3) is 0 Å². The molecular formula is C26H22ClF3N4O3. The molecule has 3 aromatic rings. The minimum absolute atomic E-state index is 0.0632. The molecule has 1 aromatic heterocycles. The van der Waals surface area contributed by atoms with E-state index < -0.39 is 11.7 Å². The van der Waals surface area contributed by atoms with Gasteiger partial charge in [-0.15, -0.1) is 0 Å².